The van der Waals surface area contributed by atoms with E-state index in [9.17, 15) is 4.79 Å². The number of benzene rings is 1. The van der Waals surface area contributed by atoms with Crippen LogP contribution in [-0.4, -0.2) is 35.4 Å². The molecule has 3 aromatic rings. The molecular weight excluding hydrogens is 362 g/mol. The van der Waals surface area contributed by atoms with Gasteiger partial charge in [-0.3, -0.25) is 14.7 Å². The van der Waals surface area contributed by atoms with Gasteiger partial charge in [0.1, 0.15) is 5.76 Å². The number of nitrogens with zero attached hydrogens (tertiary/aromatic N) is 2. The zero-order valence-electron chi connectivity index (χ0n) is 16.5. The lowest BCUT2D eigenvalue weighted by Gasteiger charge is -2.27. The van der Waals surface area contributed by atoms with Gasteiger partial charge in [0, 0.05) is 24.9 Å². The van der Waals surface area contributed by atoms with Gasteiger partial charge in [-0.2, -0.15) is 0 Å². The van der Waals surface area contributed by atoms with Crippen LogP contribution in [0.3, 0.4) is 0 Å². The summed E-state index contributed by atoms with van der Waals surface area (Å²) >= 11 is 0. The van der Waals surface area contributed by atoms with Crippen molar-refractivity contribution in [3.63, 3.8) is 0 Å². The predicted molar refractivity (Wildman–Crippen MR) is 112 cm³/mol. The number of nitrogens with one attached hydrogen (secondary N) is 1. The van der Waals surface area contributed by atoms with Gasteiger partial charge in [-0.25, -0.2) is 0 Å². The van der Waals surface area contributed by atoms with Crippen LogP contribution >= 0.6 is 0 Å². The number of aromatic nitrogens is 1. The van der Waals surface area contributed by atoms with Crippen molar-refractivity contribution < 1.29 is 9.21 Å². The fourth-order valence-electron chi connectivity index (χ4n) is 4.04. The van der Waals surface area contributed by atoms with E-state index in [1.807, 2.05) is 60.7 Å². The molecule has 2 atom stereocenters. The van der Waals surface area contributed by atoms with Crippen molar-refractivity contribution in [1.82, 2.24) is 15.2 Å². The van der Waals surface area contributed by atoms with E-state index in [2.05, 4.69) is 15.2 Å². The van der Waals surface area contributed by atoms with Crippen LogP contribution in [0.4, 0.5) is 0 Å². The summed E-state index contributed by atoms with van der Waals surface area (Å²) < 4.78 is 5.68. The number of hydrogen-bond donors (Lipinski definition) is 1. The van der Waals surface area contributed by atoms with Crippen LogP contribution in [0.2, 0.25) is 0 Å². The SMILES string of the molecule is O=C(NCC(c1ccco1)N1CCCC1)C(Cc1ccccn1)c1ccccc1. The van der Waals surface area contributed by atoms with E-state index in [4.69, 9.17) is 4.42 Å². The standard InChI is InChI=1S/C24H27N3O2/c28-24(26-18-22(23-12-8-16-29-23)27-14-6-7-15-27)21(19-9-2-1-3-10-19)17-20-11-4-5-13-25-20/h1-5,8-13,16,21-22H,6-7,14-15,17-18H2,(H,26,28). The van der Waals surface area contributed by atoms with Crippen molar-refractivity contribution in [2.75, 3.05) is 19.6 Å². The molecule has 2 aromatic heterocycles. The van der Waals surface area contributed by atoms with E-state index in [-0.39, 0.29) is 17.9 Å². The van der Waals surface area contributed by atoms with E-state index < -0.39 is 0 Å². The Labute approximate surface area is 171 Å². The fourth-order valence-corrected chi connectivity index (χ4v) is 4.04. The Morgan fingerprint density at radius 1 is 1.03 bits per heavy atom. The molecule has 1 aliphatic rings. The second-order valence-corrected chi connectivity index (χ2v) is 7.51. The highest BCUT2D eigenvalue weighted by Crippen LogP contribution is 2.26. The maximum Gasteiger partial charge on any atom is 0.228 e. The normalized spacial score (nSPS) is 16.4. The molecule has 0 saturated carbocycles. The molecule has 4 rings (SSSR count). The minimum Gasteiger partial charge on any atom is -0.468 e. The molecule has 5 nitrogen and oxygen atoms in total. The molecule has 0 spiro atoms. The third-order valence-electron chi connectivity index (χ3n) is 5.58. The Bertz CT molecular complexity index is 875. The molecule has 2 unspecified atom stereocenters. The lowest BCUT2D eigenvalue weighted by molar-refractivity contribution is -0.122. The molecule has 5 heteroatoms. The molecule has 3 heterocycles. The van der Waals surface area contributed by atoms with Crippen molar-refractivity contribution in [2.24, 2.45) is 0 Å². The minimum atomic E-state index is -0.276. The average molecular weight is 389 g/mol. The number of carbonyl (C=O) groups is 1. The third-order valence-corrected chi connectivity index (χ3v) is 5.58. The van der Waals surface area contributed by atoms with E-state index in [1.54, 1.807) is 12.5 Å². The van der Waals surface area contributed by atoms with Crippen molar-refractivity contribution in [3.8, 4) is 0 Å². The smallest absolute Gasteiger partial charge is 0.228 e. The Morgan fingerprint density at radius 2 is 1.83 bits per heavy atom. The second kappa shape index (κ2) is 9.52. The fraction of sp³-hybridized carbons (Fsp3) is 0.333. The maximum absolute atomic E-state index is 13.2. The van der Waals surface area contributed by atoms with Crippen molar-refractivity contribution in [2.45, 2.75) is 31.2 Å². The summed E-state index contributed by atoms with van der Waals surface area (Å²) in [4.78, 5) is 20.1. The third kappa shape index (κ3) is 4.93. The molecular formula is C24H27N3O2. The van der Waals surface area contributed by atoms with Gasteiger partial charge in [-0.15, -0.1) is 0 Å². The van der Waals surface area contributed by atoms with Gasteiger partial charge >= 0.3 is 0 Å². The molecule has 1 fully saturated rings. The van der Waals surface area contributed by atoms with Crippen LogP contribution in [0.25, 0.3) is 0 Å². The molecule has 29 heavy (non-hydrogen) atoms. The van der Waals surface area contributed by atoms with Crippen LogP contribution in [0, 0.1) is 0 Å². The van der Waals surface area contributed by atoms with Gasteiger partial charge in [0.2, 0.25) is 5.91 Å². The van der Waals surface area contributed by atoms with Crippen LogP contribution in [0.1, 0.15) is 41.8 Å². The summed E-state index contributed by atoms with van der Waals surface area (Å²) in [5.74, 6) is 0.660. The van der Waals surface area contributed by atoms with Crippen molar-refractivity contribution in [1.29, 1.82) is 0 Å². The number of rotatable bonds is 8. The van der Waals surface area contributed by atoms with Crippen LogP contribution < -0.4 is 5.32 Å². The quantitative estimate of drug-likeness (QED) is 0.634. The van der Waals surface area contributed by atoms with E-state index in [0.717, 1.165) is 30.1 Å². The Hall–Kier alpha value is -2.92. The first-order chi connectivity index (χ1) is 14.3. The first-order valence-electron chi connectivity index (χ1n) is 10.3. The molecule has 1 saturated heterocycles. The highest BCUT2D eigenvalue weighted by molar-refractivity contribution is 5.84. The van der Waals surface area contributed by atoms with E-state index >= 15 is 0 Å². The number of likely N-dealkylation sites (tertiary alicyclic amines) is 1. The number of amides is 1. The predicted octanol–water partition coefficient (Wildman–Crippen LogP) is 3.95. The summed E-state index contributed by atoms with van der Waals surface area (Å²) in [6.07, 6.45) is 6.43. The number of hydrogen-bond acceptors (Lipinski definition) is 4. The largest absolute Gasteiger partial charge is 0.468 e. The molecule has 1 N–H and O–H groups in total. The van der Waals surface area contributed by atoms with Crippen LogP contribution in [0.15, 0.2) is 77.5 Å². The van der Waals surface area contributed by atoms with Gasteiger partial charge in [0.05, 0.1) is 18.2 Å². The Kier molecular flexibility index (Phi) is 6.37. The van der Waals surface area contributed by atoms with Gasteiger partial charge in [-0.1, -0.05) is 36.4 Å². The molecule has 0 bridgehead atoms. The second-order valence-electron chi connectivity index (χ2n) is 7.51. The zero-order valence-corrected chi connectivity index (χ0v) is 16.5. The maximum atomic E-state index is 13.2. The highest BCUT2D eigenvalue weighted by atomic mass is 16.3. The summed E-state index contributed by atoms with van der Waals surface area (Å²) in [5, 5.41) is 3.20. The highest BCUT2D eigenvalue weighted by Gasteiger charge is 2.28. The Balaban J connectivity index is 1.49. The lowest BCUT2D eigenvalue weighted by Crippen LogP contribution is -2.39. The minimum absolute atomic E-state index is 0.0256. The average Bonchev–Trinajstić information content (AvgIpc) is 3.48. The first-order valence-corrected chi connectivity index (χ1v) is 10.3. The lowest BCUT2D eigenvalue weighted by atomic mass is 9.93. The van der Waals surface area contributed by atoms with E-state index in [0.29, 0.717) is 13.0 Å². The summed E-state index contributed by atoms with van der Waals surface area (Å²) in [6, 6.07) is 19.8. The first kappa shape index (κ1) is 19.4. The molecule has 1 aromatic carbocycles. The molecule has 1 aliphatic heterocycles. The van der Waals surface area contributed by atoms with Crippen LogP contribution in [-0.2, 0) is 11.2 Å². The van der Waals surface area contributed by atoms with Gasteiger partial charge in [0.25, 0.3) is 0 Å². The van der Waals surface area contributed by atoms with Gasteiger partial charge in [-0.05, 0) is 55.8 Å². The summed E-state index contributed by atoms with van der Waals surface area (Å²) in [5.41, 5.74) is 1.92. The molecule has 0 radical (unpaired) electrons. The summed E-state index contributed by atoms with van der Waals surface area (Å²) in [6.45, 7) is 2.62. The summed E-state index contributed by atoms with van der Waals surface area (Å²) in [7, 11) is 0. The van der Waals surface area contributed by atoms with Gasteiger partial charge in [0.15, 0.2) is 0 Å². The van der Waals surface area contributed by atoms with Crippen LogP contribution in [0.5, 0.6) is 0 Å². The number of pyridine rings is 1. The van der Waals surface area contributed by atoms with E-state index in [1.165, 1.54) is 12.8 Å². The Morgan fingerprint density at radius 3 is 2.52 bits per heavy atom. The number of furan rings is 1. The topological polar surface area (TPSA) is 58.4 Å². The van der Waals surface area contributed by atoms with Crippen molar-refractivity contribution >= 4 is 5.91 Å². The van der Waals surface area contributed by atoms with Crippen molar-refractivity contribution in [3.05, 3.63) is 90.1 Å². The number of carbonyl (C=O) groups excluding carboxylic acids is 1. The molecule has 1 amide bonds. The molecule has 0 aliphatic carbocycles. The monoisotopic (exact) mass is 389 g/mol. The molecule has 150 valence electrons. The van der Waals surface area contributed by atoms with Gasteiger partial charge < -0.3 is 9.73 Å². The zero-order chi connectivity index (χ0) is 19.9.